The van der Waals surface area contributed by atoms with Crippen LogP contribution in [0.15, 0.2) is 0 Å². The molecule has 0 aliphatic carbocycles. The normalized spacial score (nSPS) is 20.7. The lowest BCUT2D eigenvalue weighted by molar-refractivity contribution is -0.121. The fourth-order valence-corrected chi connectivity index (χ4v) is 2.65. The summed E-state index contributed by atoms with van der Waals surface area (Å²) in [7, 11) is 4.25. The van der Waals surface area contributed by atoms with Crippen LogP contribution in [0.2, 0.25) is 0 Å². The van der Waals surface area contributed by atoms with Gasteiger partial charge in [-0.2, -0.15) is 5.10 Å². The fraction of sp³-hybridized carbons (Fsp3) is 0.733. The number of carbonyl (C=O) groups is 1. The van der Waals surface area contributed by atoms with Gasteiger partial charge in [0.05, 0.1) is 5.69 Å². The zero-order valence-electron chi connectivity index (χ0n) is 13.6. The Labute approximate surface area is 126 Å². The van der Waals surface area contributed by atoms with Crippen molar-refractivity contribution in [2.24, 2.45) is 0 Å². The Bertz CT molecular complexity index is 484. The minimum atomic E-state index is 0.108. The van der Waals surface area contributed by atoms with Crippen LogP contribution >= 0.6 is 0 Å². The smallest absolute Gasteiger partial charge is 0.220 e. The number of carbonyl (C=O) groups excluding carboxylic acids is 1. The molecule has 1 atom stereocenters. The van der Waals surface area contributed by atoms with Crippen molar-refractivity contribution < 1.29 is 4.79 Å². The van der Waals surface area contributed by atoms with Gasteiger partial charge in [0.15, 0.2) is 0 Å². The fourth-order valence-electron chi connectivity index (χ4n) is 2.65. The number of hydrogen-bond acceptors (Lipinski definition) is 4. The first-order valence-electron chi connectivity index (χ1n) is 7.63. The molecule has 1 fully saturated rings. The first kappa shape index (κ1) is 16.0. The molecule has 21 heavy (non-hydrogen) atoms. The second kappa shape index (κ2) is 7.04. The van der Waals surface area contributed by atoms with Crippen molar-refractivity contribution in [1.82, 2.24) is 25.3 Å². The number of nitrogens with zero attached hydrogens (tertiary/aromatic N) is 3. The van der Waals surface area contributed by atoms with E-state index >= 15 is 0 Å². The van der Waals surface area contributed by atoms with Gasteiger partial charge in [-0.05, 0) is 33.5 Å². The summed E-state index contributed by atoms with van der Waals surface area (Å²) in [5.74, 6) is 0.108. The summed E-state index contributed by atoms with van der Waals surface area (Å²) < 4.78 is 0. The molecular formula is C15H27N5O. The molecule has 1 aliphatic rings. The van der Waals surface area contributed by atoms with Crippen molar-refractivity contribution in [3.63, 3.8) is 0 Å². The number of nitrogens with one attached hydrogen (secondary N) is 2. The van der Waals surface area contributed by atoms with Gasteiger partial charge in [0.2, 0.25) is 5.91 Å². The van der Waals surface area contributed by atoms with E-state index in [0.717, 1.165) is 43.1 Å². The molecule has 0 aromatic carbocycles. The standard InChI is InChI=1S/C15H27N5O/c1-11-12(2)17-18-14(11)5-6-15(21)16-9-13-10-19(3)7-8-20(13)4/h13H,5-10H2,1-4H3,(H,16,21)(H,17,18)/t13-/m1/s1. The Balaban J connectivity index is 1.73. The molecule has 0 spiro atoms. The van der Waals surface area contributed by atoms with Crippen molar-refractivity contribution >= 4 is 5.91 Å². The van der Waals surface area contributed by atoms with Gasteiger partial charge in [0.1, 0.15) is 0 Å². The second-order valence-corrected chi connectivity index (χ2v) is 6.12. The Morgan fingerprint density at radius 1 is 1.38 bits per heavy atom. The van der Waals surface area contributed by atoms with E-state index in [-0.39, 0.29) is 5.91 Å². The highest BCUT2D eigenvalue weighted by atomic mass is 16.1. The molecular weight excluding hydrogens is 266 g/mol. The highest BCUT2D eigenvalue weighted by Crippen LogP contribution is 2.10. The van der Waals surface area contributed by atoms with E-state index < -0.39 is 0 Å². The maximum Gasteiger partial charge on any atom is 0.220 e. The van der Waals surface area contributed by atoms with Gasteiger partial charge >= 0.3 is 0 Å². The number of H-pyrrole nitrogens is 1. The van der Waals surface area contributed by atoms with Gasteiger partial charge < -0.3 is 10.2 Å². The van der Waals surface area contributed by atoms with Crippen LogP contribution in [0, 0.1) is 13.8 Å². The van der Waals surface area contributed by atoms with E-state index in [0.29, 0.717) is 18.9 Å². The summed E-state index contributed by atoms with van der Waals surface area (Å²) in [6.45, 7) is 7.93. The van der Waals surface area contributed by atoms with Crippen molar-refractivity contribution in [3.8, 4) is 0 Å². The summed E-state index contributed by atoms with van der Waals surface area (Å²) in [5.41, 5.74) is 3.24. The Morgan fingerprint density at radius 3 is 2.81 bits per heavy atom. The molecule has 2 N–H and O–H groups in total. The van der Waals surface area contributed by atoms with Crippen LogP contribution in [0.3, 0.4) is 0 Å². The predicted molar refractivity (Wildman–Crippen MR) is 83.3 cm³/mol. The molecule has 0 unspecified atom stereocenters. The lowest BCUT2D eigenvalue weighted by atomic mass is 10.1. The van der Waals surface area contributed by atoms with E-state index in [1.807, 2.05) is 13.8 Å². The Hall–Kier alpha value is -1.40. The van der Waals surface area contributed by atoms with Crippen LogP contribution in [0.4, 0.5) is 0 Å². The number of aromatic amines is 1. The maximum atomic E-state index is 12.0. The highest BCUT2D eigenvalue weighted by Gasteiger charge is 2.22. The van der Waals surface area contributed by atoms with Gasteiger partial charge in [0, 0.05) is 50.8 Å². The van der Waals surface area contributed by atoms with Crippen LogP contribution in [-0.4, -0.2) is 72.2 Å². The SMILES string of the molecule is Cc1[nH]nc(CCC(=O)NC[C@@H]2CN(C)CCN2C)c1C. The number of amides is 1. The van der Waals surface area contributed by atoms with E-state index in [2.05, 4.69) is 39.4 Å². The number of aromatic nitrogens is 2. The molecule has 1 aromatic rings. The third kappa shape index (κ3) is 4.28. The molecule has 1 aliphatic heterocycles. The highest BCUT2D eigenvalue weighted by molar-refractivity contribution is 5.76. The molecule has 0 saturated carbocycles. The van der Waals surface area contributed by atoms with Crippen molar-refractivity contribution in [3.05, 3.63) is 17.0 Å². The van der Waals surface area contributed by atoms with Gasteiger partial charge in [0.25, 0.3) is 0 Å². The van der Waals surface area contributed by atoms with Crippen LogP contribution in [0.25, 0.3) is 0 Å². The summed E-state index contributed by atoms with van der Waals surface area (Å²) in [5, 5.41) is 10.3. The van der Waals surface area contributed by atoms with Crippen LogP contribution in [0.5, 0.6) is 0 Å². The molecule has 0 radical (unpaired) electrons. The van der Waals surface area contributed by atoms with E-state index in [1.54, 1.807) is 0 Å². The lowest BCUT2D eigenvalue weighted by Gasteiger charge is -2.37. The van der Waals surface area contributed by atoms with Crippen molar-refractivity contribution in [1.29, 1.82) is 0 Å². The summed E-state index contributed by atoms with van der Waals surface area (Å²) in [4.78, 5) is 16.6. The van der Waals surface area contributed by atoms with E-state index in [9.17, 15) is 4.79 Å². The molecule has 2 rings (SSSR count). The number of likely N-dealkylation sites (N-methyl/N-ethyl adjacent to an activating group) is 2. The van der Waals surface area contributed by atoms with Crippen LogP contribution in [0.1, 0.15) is 23.4 Å². The average molecular weight is 293 g/mol. The molecule has 0 bridgehead atoms. The number of aryl methyl sites for hydroxylation is 2. The van der Waals surface area contributed by atoms with Crippen LogP contribution in [-0.2, 0) is 11.2 Å². The number of rotatable bonds is 5. The lowest BCUT2D eigenvalue weighted by Crippen LogP contribution is -2.54. The summed E-state index contributed by atoms with van der Waals surface area (Å²) in [6.07, 6.45) is 1.19. The topological polar surface area (TPSA) is 64.3 Å². The third-order valence-electron chi connectivity index (χ3n) is 4.46. The number of hydrogen-bond donors (Lipinski definition) is 2. The van der Waals surface area contributed by atoms with Crippen molar-refractivity contribution in [2.75, 3.05) is 40.3 Å². The zero-order chi connectivity index (χ0) is 15.4. The molecule has 6 nitrogen and oxygen atoms in total. The maximum absolute atomic E-state index is 12.0. The minimum Gasteiger partial charge on any atom is -0.354 e. The monoisotopic (exact) mass is 293 g/mol. The molecule has 2 heterocycles. The Morgan fingerprint density at radius 2 is 2.14 bits per heavy atom. The quantitative estimate of drug-likeness (QED) is 0.821. The first-order chi connectivity index (χ1) is 9.97. The van der Waals surface area contributed by atoms with Gasteiger partial charge in [-0.15, -0.1) is 0 Å². The largest absolute Gasteiger partial charge is 0.354 e. The van der Waals surface area contributed by atoms with Crippen LogP contribution < -0.4 is 5.32 Å². The molecule has 118 valence electrons. The molecule has 6 heteroatoms. The zero-order valence-corrected chi connectivity index (χ0v) is 13.6. The summed E-state index contributed by atoms with van der Waals surface area (Å²) in [6, 6.07) is 0.405. The predicted octanol–water partition coefficient (Wildman–Crippen LogP) is 0.321. The first-order valence-corrected chi connectivity index (χ1v) is 7.63. The van der Waals surface area contributed by atoms with Gasteiger partial charge in [-0.25, -0.2) is 0 Å². The minimum absolute atomic E-state index is 0.108. The summed E-state index contributed by atoms with van der Waals surface area (Å²) >= 11 is 0. The average Bonchev–Trinajstić information content (AvgIpc) is 2.77. The van der Waals surface area contributed by atoms with E-state index in [4.69, 9.17) is 0 Å². The number of piperazine rings is 1. The Kier molecular flexibility index (Phi) is 5.36. The van der Waals surface area contributed by atoms with E-state index in [1.165, 1.54) is 0 Å². The van der Waals surface area contributed by atoms with Crippen molar-refractivity contribution in [2.45, 2.75) is 32.7 Å². The van der Waals surface area contributed by atoms with Gasteiger partial charge in [-0.1, -0.05) is 0 Å². The molecule has 1 amide bonds. The molecule has 1 aromatic heterocycles. The van der Waals surface area contributed by atoms with Gasteiger partial charge in [-0.3, -0.25) is 14.8 Å². The molecule has 1 saturated heterocycles. The third-order valence-corrected chi connectivity index (χ3v) is 4.46. The second-order valence-electron chi connectivity index (χ2n) is 6.12.